The number of hydrogen-bond donors (Lipinski definition) is 3. The highest BCUT2D eigenvalue weighted by Gasteiger charge is 2.66. The molecule has 2 aliphatic carbocycles. The molecule has 0 radical (unpaired) electrons. The molecule has 8 unspecified atom stereocenters. The molecule has 1 aliphatic heterocycles. The molecule has 2 heterocycles. The van der Waals surface area contributed by atoms with E-state index in [1.54, 1.807) is 12.5 Å². The first kappa shape index (κ1) is 17.5. The molecule has 4 rings (SSSR count). The van der Waals surface area contributed by atoms with Crippen LogP contribution in [0.4, 0.5) is 0 Å². The van der Waals surface area contributed by atoms with Crippen LogP contribution in [0.25, 0.3) is 0 Å². The molecule has 1 aromatic rings. The predicted molar refractivity (Wildman–Crippen MR) is 91.4 cm³/mol. The summed E-state index contributed by atoms with van der Waals surface area (Å²) in [7, 11) is 0. The predicted octanol–water partition coefficient (Wildman–Crippen LogP) is 2.86. The fourth-order valence-electron chi connectivity index (χ4n) is 6.33. The fraction of sp³-hybridized carbons (Fsp3) is 0.800. The molecule has 8 atom stereocenters. The van der Waals surface area contributed by atoms with E-state index in [1.165, 1.54) is 0 Å². The summed E-state index contributed by atoms with van der Waals surface area (Å²) in [5.41, 5.74) is 0.306. The second-order valence-corrected chi connectivity index (χ2v) is 8.84. The molecule has 0 amide bonds. The maximum absolute atomic E-state index is 11.0. The van der Waals surface area contributed by atoms with Crippen LogP contribution < -0.4 is 0 Å². The molecule has 25 heavy (non-hydrogen) atoms. The van der Waals surface area contributed by atoms with Gasteiger partial charge in [0.05, 0.1) is 31.3 Å². The second kappa shape index (κ2) is 6.08. The molecule has 0 bridgehead atoms. The van der Waals surface area contributed by atoms with Crippen LogP contribution in [0.5, 0.6) is 0 Å². The molecular formula is C20H30O5. The van der Waals surface area contributed by atoms with Gasteiger partial charge in [0.25, 0.3) is 0 Å². The van der Waals surface area contributed by atoms with Gasteiger partial charge < -0.3 is 24.5 Å². The van der Waals surface area contributed by atoms with Crippen molar-refractivity contribution >= 4 is 0 Å². The van der Waals surface area contributed by atoms with Gasteiger partial charge in [-0.2, -0.15) is 0 Å². The lowest BCUT2D eigenvalue weighted by molar-refractivity contribution is -0.187. The number of rotatable bonds is 3. The number of aliphatic hydroxyl groups is 3. The average Bonchev–Trinajstić information content (AvgIpc) is 3.22. The van der Waals surface area contributed by atoms with E-state index in [0.29, 0.717) is 19.4 Å². The van der Waals surface area contributed by atoms with Crippen molar-refractivity contribution in [2.45, 2.75) is 64.4 Å². The third kappa shape index (κ3) is 2.43. The Labute approximate surface area is 149 Å². The molecule has 0 aromatic carbocycles. The van der Waals surface area contributed by atoms with Gasteiger partial charge in [0.1, 0.15) is 0 Å². The quantitative estimate of drug-likeness (QED) is 0.781. The molecule has 3 aliphatic rings. The summed E-state index contributed by atoms with van der Waals surface area (Å²) in [6.45, 7) is 4.87. The molecule has 3 fully saturated rings. The van der Waals surface area contributed by atoms with Crippen LogP contribution in [0.2, 0.25) is 0 Å². The zero-order valence-corrected chi connectivity index (χ0v) is 15.1. The molecule has 5 heteroatoms. The minimum absolute atomic E-state index is 0.000793. The van der Waals surface area contributed by atoms with E-state index < -0.39 is 18.5 Å². The standard InChI is InChI=1S/C20H30O5/c1-12-8-17(22)20-11-25-18(23)14(20)4-3-5-16(20)19(12,2)9-15(21)13-6-7-24-10-13/h6-7,10,12,14-18,21-23H,3-5,8-9,11H2,1-2H3. The van der Waals surface area contributed by atoms with Crippen molar-refractivity contribution in [3.05, 3.63) is 24.2 Å². The first-order valence-electron chi connectivity index (χ1n) is 9.57. The molecule has 1 aromatic heterocycles. The van der Waals surface area contributed by atoms with E-state index in [0.717, 1.165) is 24.8 Å². The second-order valence-electron chi connectivity index (χ2n) is 8.84. The summed E-state index contributed by atoms with van der Waals surface area (Å²) >= 11 is 0. The molecule has 1 saturated heterocycles. The van der Waals surface area contributed by atoms with Crippen molar-refractivity contribution in [2.75, 3.05) is 6.61 Å². The Morgan fingerprint density at radius 2 is 2.12 bits per heavy atom. The van der Waals surface area contributed by atoms with Crippen molar-refractivity contribution in [3.8, 4) is 0 Å². The van der Waals surface area contributed by atoms with Crippen LogP contribution >= 0.6 is 0 Å². The summed E-state index contributed by atoms with van der Waals surface area (Å²) in [5, 5.41) is 32.2. The largest absolute Gasteiger partial charge is 0.472 e. The Morgan fingerprint density at radius 1 is 1.32 bits per heavy atom. The minimum Gasteiger partial charge on any atom is -0.472 e. The van der Waals surface area contributed by atoms with E-state index in [2.05, 4.69) is 13.8 Å². The molecule has 140 valence electrons. The smallest absolute Gasteiger partial charge is 0.158 e. The third-order valence-corrected chi connectivity index (χ3v) is 7.88. The van der Waals surface area contributed by atoms with E-state index >= 15 is 0 Å². The third-order valence-electron chi connectivity index (χ3n) is 7.88. The van der Waals surface area contributed by atoms with Crippen LogP contribution in [0, 0.1) is 28.6 Å². The van der Waals surface area contributed by atoms with Crippen molar-refractivity contribution in [3.63, 3.8) is 0 Å². The zero-order valence-electron chi connectivity index (χ0n) is 15.1. The topological polar surface area (TPSA) is 83.1 Å². The van der Waals surface area contributed by atoms with Gasteiger partial charge in [0, 0.05) is 16.9 Å². The number of hydrogen-bond acceptors (Lipinski definition) is 5. The lowest BCUT2D eigenvalue weighted by Gasteiger charge is -2.61. The van der Waals surface area contributed by atoms with E-state index in [4.69, 9.17) is 9.15 Å². The van der Waals surface area contributed by atoms with Gasteiger partial charge in [-0.1, -0.05) is 20.3 Å². The van der Waals surface area contributed by atoms with Crippen molar-refractivity contribution in [1.82, 2.24) is 0 Å². The Balaban J connectivity index is 1.69. The van der Waals surface area contributed by atoms with Gasteiger partial charge >= 0.3 is 0 Å². The highest BCUT2D eigenvalue weighted by molar-refractivity contribution is 5.15. The lowest BCUT2D eigenvalue weighted by atomic mass is 9.43. The maximum Gasteiger partial charge on any atom is 0.158 e. The van der Waals surface area contributed by atoms with E-state index in [1.807, 2.05) is 6.07 Å². The van der Waals surface area contributed by atoms with Crippen LogP contribution in [-0.2, 0) is 4.74 Å². The Hall–Kier alpha value is -0.880. The van der Waals surface area contributed by atoms with E-state index in [-0.39, 0.29) is 28.6 Å². The SMILES string of the molecule is CC1CC(O)C23COC(O)C2CCCC3C1(C)CC(O)c1ccoc1. The monoisotopic (exact) mass is 350 g/mol. The van der Waals surface area contributed by atoms with Crippen molar-refractivity contribution < 1.29 is 24.5 Å². The highest BCUT2D eigenvalue weighted by Crippen LogP contribution is 2.66. The Bertz CT molecular complexity index is 601. The molecule has 5 nitrogen and oxygen atoms in total. The van der Waals surface area contributed by atoms with Crippen LogP contribution in [0.3, 0.4) is 0 Å². The Kier molecular flexibility index (Phi) is 4.27. The highest BCUT2D eigenvalue weighted by atomic mass is 16.6. The molecule has 2 saturated carbocycles. The summed E-state index contributed by atoms with van der Waals surface area (Å²) < 4.78 is 10.8. The van der Waals surface area contributed by atoms with Gasteiger partial charge in [-0.15, -0.1) is 0 Å². The van der Waals surface area contributed by atoms with Crippen LogP contribution in [0.1, 0.15) is 57.6 Å². The number of aliphatic hydroxyl groups excluding tert-OH is 3. The number of ether oxygens (including phenoxy) is 1. The summed E-state index contributed by atoms with van der Waals surface area (Å²) in [6.07, 6.45) is 5.69. The van der Waals surface area contributed by atoms with Gasteiger partial charge in [-0.3, -0.25) is 0 Å². The maximum atomic E-state index is 11.0. The van der Waals surface area contributed by atoms with E-state index in [9.17, 15) is 15.3 Å². The lowest BCUT2D eigenvalue weighted by Crippen LogP contribution is -2.61. The molecule has 1 spiro atoms. The Morgan fingerprint density at radius 3 is 2.84 bits per heavy atom. The first-order valence-corrected chi connectivity index (χ1v) is 9.57. The van der Waals surface area contributed by atoms with Gasteiger partial charge in [-0.25, -0.2) is 0 Å². The average molecular weight is 350 g/mol. The fourth-order valence-corrected chi connectivity index (χ4v) is 6.33. The summed E-state index contributed by atoms with van der Waals surface area (Å²) in [6, 6.07) is 1.82. The summed E-state index contributed by atoms with van der Waals surface area (Å²) in [5.74, 6) is 0.520. The van der Waals surface area contributed by atoms with Gasteiger partial charge in [-0.05, 0) is 49.0 Å². The minimum atomic E-state index is -0.770. The van der Waals surface area contributed by atoms with Crippen LogP contribution in [0.15, 0.2) is 23.0 Å². The van der Waals surface area contributed by atoms with Gasteiger partial charge in [0.2, 0.25) is 0 Å². The van der Waals surface area contributed by atoms with Crippen molar-refractivity contribution in [1.29, 1.82) is 0 Å². The first-order chi connectivity index (χ1) is 11.9. The normalized spacial score (nSPS) is 48.0. The number of furan rings is 1. The van der Waals surface area contributed by atoms with Crippen LogP contribution in [-0.4, -0.2) is 34.3 Å². The summed E-state index contributed by atoms with van der Waals surface area (Å²) in [4.78, 5) is 0. The molecular weight excluding hydrogens is 320 g/mol. The van der Waals surface area contributed by atoms with Gasteiger partial charge in [0.15, 0.2) is 6.29 Å². The van der Waals surface area contributed by atoms with Crippen molar-refractivity contribution in [2.24, 2.45) is 28.6 Å². The zero-order chi connectivity index (χ0) is 17.8. The molecule has 3 N–H and O–H groups in total.